The van der Waals surface area contributed by atoms with Gasteiger partial charge >= 0.3 is 0 Å². The van der Waals surface area contributed by atoms with Crippen molar-refractivity contribution in [2.24, 2.45) is 11.8 Å². The summed E-state index contributed by atoms with van der Waals surface area (Å²) in [7, 11) is 0. The minimum atomic E-state index is -0.329. The second-order valence-electron chi connectivity index (χ2n) is 5.75. The van der Waals surface area contributed by atoms with Crippen molar-refractivity contribution in [2.75, 3.05) is 32.8 Å². The summed E-state index contributed by atoms with van der Waals surface area (Å²) in [5, 5.41) is 9.91. The number of unbranched alkanes of at least 4 members (excludes halogenated alkanes) is 1. The second-order valence-corrected chi connectivity index (χ2v) is 5.75. The Labute approximate surface area is 118 Å². The van der Waals surface area contributed by atoms with Crippen LogP contribution in [0, 0.1) is 11.8 Å². The van der Waals surface area contributed by atoms with E-state index in [1.54, 1.807) is 0 Å². The number of hydrogen-bond acceptors (Lipinski definition) is 3. The summed E-state index contributed by atoms with van der Waals surface area (Å²) < 4.78 is 5.45. The summed E-state index contributed by atoms with van der Waals surface area (Å²) in [5.74, 6) is 1.51. The molecule has 3 nitrogen and oxygen atoms in total. The van der Waals surface area contributed by atoms with E-state index in [2.05, 4.69) is 25.7 Å². The molecule has 3 atom stereocenters. The van der Waals surface area contributed by atoms with Crippen LogP contribution in [0.15, 0.2) is 0 Å². The maximum absolute atomic E-state index is 9.91. The summed E-state index contributed by atoms with van der Waals surface area (Å²) >= 11 is 0. The third kappa shape index (κ3) is 7.57. The molecule has 3 unspecified atom stereocenters. The zero-order valence-corrected chi connectivity index (χ0v) is 12.9. The molecule has 1 rings (SSSR count). The van der Waals surface area contributed by atoms with Gasteiger partial charge in [-0.1, -0.05) is 27.2 Å². The summed E-state index contributed by atoms with van der Waals surface area (Å²) in [6.07, 6.45) is 3.23. The Morgan fingerprint density at radius 1 is 1.28 bits per heavy atom. The third-order valence-corrected chi connectivity index (χ3v) is 3.37. The van der Waals surface area contributed by atoms with E-state index in [-0.39, 0.29) is 18.5 Å². The van der Waals surface area contributed by atoms with Crippen molar-refractivity contribution in [2.45, 2.75) is 46.1 Å². The lowest BCUT2D eigenvalue weighted by Gasteiger charge is -2.35. The van der Waals surface area contributed by atoms with Crippen LogP contribution < -0.4 is 0 Å². The van der Waals surface area contributed by atoms with Gasteiger partial charge in [0.15, 0.2) is 0 Å². The van der Waals surface area contributed by atoms with Gasteiger partial charge in [0.1, 0.15) is 0 Å². The molecule has 1 aliphatic heterocycles. The fourth-order valence-electron chi connectivity index (χ4n) is 2.76. The zero-order valence-electron chi connectivity index (χ0n) is 12.1. The maximum Gasteiger partial charge on any atom is 0.0900 e. The largest absolute Gasteiger partial charge is 0.389 e. The van der Waals surface area contributed by atoms with E-state index in [9.17, 15) is 5.11 Å². The quantitative estimate of drug-likeness (QED) is 0.727. The lowest BCUT2D eigenvalue weighted by Crippen LogP contribution is -2.43. The van der Waals surface area contributed by atoms with Crippen LogP contribution in [0.25, 0.3) is 0 Å². The van der Waals surface area contributed by atoms with Crippen molar-refractivity contribution in [1.82, 2.24) is 4.90 Å². The molecule has 0 aromatic rings. The van der Waals surface area contributed by atoms with Crippen LogP contribution in [0.5, 0.6) is 0 Å². The molecule has 0 aliphatic carbocycles. The highest BCUT2D eigenvalue weighted by Crippen LogP contribution is 2.20. The first-order valence-electron chi connectivity index (χ1n) is 7.10. The summed E-state index contributed by atoms with van der Waals surface area (Å²) in [4.78, 5) is 2.38. The normalized spacial score (nSPS) is 26.7. The van der Waals surface area contributed by atoms with Crippen LogP contribution in [0.2, 0.25) is 0 Å². The average Bonchev–Trinajstić information content (AvgIpc) is 2.23. The third-order valence-electron chi connectivity index (χ3n) is 3.37. The SMILES string of the molecule is CCCCOCC(O)CN1CC(C)CC(C)C1.Cl. The minimum absolute atomic E-state index is 0. The second kappa shape index (κ2) is 10.0. The summed E-state index contributed by atoms with van der Waals surface area (Å²) in [6.45, 7) is 11.0. The van der Waals surface area contributed by atoms with Crippen LogP contribution in [0.4, 0.5) is 0 Å². The molecule has 1 heterocycles. The van der Waals surface area contributed by atoms with Crippen molar-refractivity contribution < 1.29 is 9.84 Å². The standard InChI is InChI=1S/C14H29NO2.ClH/c1-4-5-6-17-11-14(16)10-15-8-12(2)7-13(3)9-15;/h12-14,16H,4-11H2,1-3H3;1H. The molecule has 1 saturated heterocycles. The summed E-state index contributed by atoms with van der Waals surface area (Å²) in [6, 6.07) is 0. The van der Waals surface area contributed by atoms with Gasteiger partial charge in [0.05, 0.1) is 12.7 Å². The van der Waals surface area contributed by atoms with Gasteiger partial charge in [0.2, 0.25) is 0 Å². The Bertz CT molecular complexity index is 194. The number of nitrogens with zero attached hydrogens (tertiary/aromatic N) is 1. The molecule has 1 aliphatic rings. The van der Waals surface area contributed by atoms with Crippen molar-refractivity contribution in [3.05, 3.63) is 0 Å². The van der Waals surface area contributed by atoms with E-state index in [4.69, 9.17) is 4.74 Å². The monoisotopic (exact) mass is 279 g/mol. The molecule has 0 saturated carbocycles. The van der Waals surface area contributed by atoms with Crippen LogP contribution in [0.1, 0.15) is 40.0 Å². The van der Waals surface area contributed by atoms with Gasteiger partial charge in [-0.15, -0.1) is 12.4 Å². The van der Waals surface area contributed by atoms with Crippen LogP contribution >= 0.6 is 12.4 Å². The van der Waals surface area contributed by atoms with Gasteiger partial charge in [-0.25, -0.2) is 0 Å². The highest BCUT2D eigenvalue weighted by atomic mass is 35.5. The number of hydrogen-bond donors (Lipinski definition) is 1. The Balaban J connectivity index is 0.00000289. The van der Waals surface area contributed by atoms with Gasteiger partial charge in [-0.05, 0) is 24.7 Å². The number of ether oxygens (including phenoxy) is 1. The maximum atomic E-state index is 9.91. The fraction of sp³-hybridized carbons (Fsp3) is 1.00. The highest BCUT2D eigenvalue weighted by molar-refractivity contribution is 5.85. The molecule has 0 spiro atoms. The smallest absolute Gasteiger partial charge is 0.0900 e. The molecular formula is C14H30ClNO2. The van der Waals surface area contributed by atoms with Gasteiger partial charge in [-0.2, -0.15) is 0 Å². The van der Waals surface area contributed by atoms with E-state index >= 15 is 0 Å². The van der Waals surface area contributed by atoms with Gasteiger partial charge in [0.25, 0.3) is 0 Å². The van der Waals surface area contributed by atoms with E-state index in [0.29, 0.717) is 6.61 Å². The Hall–Kier alpha value is 0.170. The number of rotatable bonds is 7. The van der Waals surface area contributed by atoms with Crippen LogP contribution in [-0.4, -0.2) is 49.0 Å². The van der Waals surface area contributed by atoms with Crippen molar-refractivity contribution in [3.63, 3.8) is 0 Å². The fourth-order valence-corrected chi connectivity index (χ4v) is 2.76. The molecule has 0 bridgehead atoms. The topological polar surface area (TPSA) is 32.7 Å². The molecule has 18 heavy (non-hydrogen) atoms. The van der Waals surface area contributed by atoms with Crippen molar-refractivity contribution >= 4 is 12.4 Å². The van der Waals surface area contributed by atoms with Crippen molar-refractivity contribution in [3.8, 4) is 0 Å². The molecule has 1 fully saturated rings. The Kier molecular flexibility index (Phi) is 10.1. The van der Waals surface area contributed by atoms with Crippen molar-refractivity contribution in [1.29, 1.82) is 0 Å². The van der Waals surface area contributed by atoms with E-state index < -0.39 is 0 Å². The molecule has 0 aromatic carbocycles. The predicted molar refractivity (Wildman–Crippen MR) is 78.4 cm³/mol. The lowest BCUT2D eigenvalue weighted by molar-refractivity contribution is 0.00405. The molecule has 0 aromatic heterocycles. The Morgan fingerprint density at radius 3 is 2.44 bits per heavy atom. The molecule has 0 amide bonds. The lowest BCUT2D eigenvalue weighted by atomic mass is 9.92. The van der Waals surface area contributed by atoms with Crippen LogP contribution in [-0.2, 0) is 4.74 Å². The van der Waals surface area contributed by atoms with Crippen LogP contribution in [0.3, 0.4) is 0 Å². The number of piperidine rings is 1. The predicted octanol–water partition coefficient (Wildman–Crippen LogP) is 2.56. The van der Waals surface area contributed by atoms with E-state index in [0.717, 1.165) is 50.9 Å². The van der Waals surface area contributed by atoms with Gasteiger partial charge in [-0.3, -0.25) is 0 Å². The number of aliphatic hydroxyl groups excluding tert-OH is 1. The molecular weight excluding hydrogens is 250 g/mol. The molecule has 4 heteroatoms. The molecule has 110 valence electrons. The number of aliphatic hydroxyl groups is 1. The first kappa shape index (κ1) is 18.2. The van der Waals surface area contributed by atoms with E-state index in [1.165, 1.54) is 6.42 Å². The average molecular weight is 280 g/mol. The minimum Gasteiger partial charge on any atom is -0.389 e. The Morgan fingerprint density at radius 2 is 1.89 bits per heavy atom. The first-order chi connectivity index (χ1) is 8.11. The van der Waals surface area contributed by atoms with E-state index in [1.807, 2.05) is 0 Å². The number of likely N-dealkylation sites (tertiary alicyclic amines) is 1. The summed E-state index contributed by atoms with van der Waals surface area (Å²) in [5.41, 5.74) is 0. The van der Waals surface area contributed by atoms with Gasteiger partial charge < -0.3 is 14.7 Å². The number of β-amino-alcohol motifs (C(OH)–C–C–N with tert-alkyl or cyclic N) is 1. The first-order valence-corrected chi connectivity index (χ1v) is 7.10. The highest BCUT2D eigenvalue weighted by Gasteiger charge is 2.23. The van der Waals surface area contributed by atoms with Gasteiger partial charge in [0, 0.05) is 26.2 Å². The molecule has 1 N–H and O–H groups in total. The molecule has 0 radical (unpaired) electrons. The zero-order chi connectivity index (χ0) is 12.7. The number of halogens is 1.